The molecule has 2 aromatic rings. The molecule has 0 heterocycles. The Morgan fingerprint density at radius 1 is 1.12 bits per heavy atom. The van der Waals surface area contributed by atoms with Crippen molar-refractivity contribution in [2.75, 3.05) is 6.54 Å². The van der Waals surface area contributed by atoms with Gasteiger partial charge in [0.25, 0.3) is 0 Å². The highest BCUT2D eigenvalue weighted by Crippen LogP contribution is 2.43. The van der Waals surface area contributed by atoms with Gasteiger partial charge in [-0.2, -0.15) is 0 Å². The fourth-order valence-electron chi connectivity index (χ4n) is 3.87. The van der Waals surface area contributed by atoms with E-state index < -0.39 is 5.97 Å². The molecule has 5 heteroatoms. The first-order valence-electron chi connectivity index (χ1n) is 8.32. The van der Waals surface area contributed by atoms with Crippen LogP contribution in [0.4, 0.5) is 0 Å². The zero-order chi connectivity index (χ0) is 17.1. The number of aliphatic carboxylic acids is 1. The van der Waals surface area contributed by atoms with Crippen LogP contribution in [-0.4, -0.2) is 23.6 Å². The molecule has 0 amide bonds. The van der Waals surface area contributed by atoms with Crippen molar-refractivity contribution < 1.29 is 9.90 Å². The zero-order valence-corrected chi connectivity index (χ0v) is 13.6. The van der Waals surface area contributed by atoms with E-state index in [4.69, 9.17) is 11.5 Å². The van der Waals surface area contributed by atoms with Crippen LogP contribution in [0.2, 0.25) is 0 Å². The van der Waals surface area contributed by atoms with Crippen LogP contribution in [0.25, 0.3) is 10.8 Å². The van der Waals surface area contributed by atoms with Crippen LogP contribution in [0.1, 0.15) is 30.7 Å². The van der Waals surface area contributed by atoms with Gasteiger partial charge in [-0.1, -0.05) is 42.5 Å². The van der Waals surface area contributed by atoms with Crippen LogP contribution in [0.3, 0.4) is 0 Å². The van der Waals surface area contributed by atoms with Gasteiger partial charge in [0.05, 0.1) is 5.92 Å². The number of nitrogens with two attached hydrogens (primary N) is 2. The van der Waals surface area contributed by atoms with Crippen LogP contribution in [-0.2, 0) is 4.79 Å². The third-order valence-corrected chi connectivity index (χ3v) is 5.03. The van der Waals surface area contributed by atoms with E-state index in [1.807, 2.05) is 18.2 Å². The minimum absolute atomic E-state index is 0.0125. The van der Waals surface area contributed by atoms with Crippen LogP contribution in [0.15, 0.2) is 47.5 Å². The number of carboxylic acid groups (broad SMARTS) is 1. The fourth-order valence-corrected chi connectivity index (χ4v) is 3.87. The highest BCUT2D eigenvalue weighted by Gasteiger charge is 2.36. The Bertz CT molecular complexity index is 763. The molecule has 0 bridgehead atoms. The Labute approximate surface area is 141 Å². The number of carbonyl (C=O) groups is 1. The van der Waals surface area contributed by atoms with E-state index in [1.165, 1.54) is 0 Å². The smallest absolute Gasteiger partial charge is 0.307 e. The molecule has 1 fully saturated rings. The van der Waals surface area contributed by atoms with Crippen LogP contribution >= 0.6 is 0 Å². The minimum Gasteiger partial charge on any atom is -0.481 e. The molecule has 5 N–H and O–H groups in total. The van der Waals surface area contributed by atoms with Crippen molar-refractivity contribution in [2.45, 2.75) is 25.2 Å². The normalized spacial score (nSPS) is 23.8. The van der Waals surface area contributed by atoms with Crippen LogP contribution in [0.5, 0.6) is 0 Å². The topological polar surface area (TPSA) is 102 Å². The maximum atomic E-state index is 11.8. The first kappa shape index (κ1) is 16.3. The SMILES string of the molecule is NC(N)=NCC1CCC(C(=O)O)C(c2cccc3ccccc23)C1. The van der Waals surface area contributed by atoms with Crippen molar-refractivity contribution >= 4 is 22.7 Å². The maximum absolute atomic E-state index is 11.8. The van der Waals surface area contributed by atoms with Gasteiger partial charge in [-0.3, -0.25) is 9.79 Å². The lowest BCUT2D eigenvalue weighted by atomic mass is 9.70. The van der Waals surface area contributed by atoms with Gasteiger partial charge in [-0.15, -0.1) is 0 Å². The molecule has 5 nitrogen and oxygen atoms in total. The van der Waals surface area contributed by atoms with Crippen molar-refractivity contribution in [1.29, 1.82) is 0 Å². The van der Waals surface area contributed by atoms with Gasteiger partial charge in [0, 0.05) is 6.54 Å². The molecule has 0 aliphatic heterocycles. The summed E-state index contributed by atoms with van der Waals surface area (Å²) in [6, 6.07) is 14.3. The Hall–Kier alpha value is -2.56. The van der Waals surface area contributed by atoms with E-state index in [-0.39, 0.29) is 17.8 Å². The highest BCUT2D eigenvalue weighted by atomic mass is 16.4. The molecule has 1 aliphatic rings. The second-order valence-corrected chi connectivity index (χ2v) is 6.56. The zero-order valence-electron chi connectivity index (χ0n) is 13.6. The standard InChI is InChI=1S/C19H23N3O2/c20-19(21)22-11-12-8-9-16(18(23)24)17(10-12)15-7-3-5-13-4-1-2-6-14(13)15/h1-7,12,16-17H,8-11H2,(H,23,24)(H4,20,21,22). The largest absolute Gasteiger partial charge is 0.481 e. The summed E-state index contributed by atoms with van der Waals surface area (Å²) in [5, 5.41) is 12.0. The minimum atomic E-state index is -0.715. The third kappa shape index (κ3) is 3.35. The van der Waals surface area contributed by atoms with Crippen molar-refractivity contribution in [1.82, 2.24) is 0 Å². The number of benzene rings is 2. The molecular formula is C19H23N3O2. The summed E-state index contributed by atoms with van der Waals surface area (Å²) in [5.41, 5.74) is 12.0. The number of fused-ring (bicyclic) bond motifs is 1. The van der Waals surface area contributed by atoms with Gasteiger partial charge in [-0.25, -0.2) is 0 Å². The lowest BCUT2D eigenvalue weighted by Crippen LogP contribution is -2.31. The Morgan fingerprint density at radius 3 is 2.62 bits per heavy atom. The third-order valence-electron chi connectivity index (χ3n) is 5.03. The lowest BCUT2D eigenvalue weighted by molar-refractivity contribution is -0.143. The van der Waals surface area contributed by atoms with E-state index in [1.54, 1.807) is 0 Å². The van der Waals surface area contributed by atoms with Gasteiger partial charge in [0.2, 0.25) is 0 Å². The Morgan fingerprint density at radius 2 is 1.88 bits per heavy atom. The average molecular weight is 325 g/mol. The predicted octanol–water partition coefficient (Wildman–Crippen LogP) is 2.70. The molecule has 1 aliphatic carbocycles. The number of nitrogens with zero attached hydrogens (tertiary/aromatic N) is 1. The molecule has 1 saturated carbocycles. The van der Waals surface area contributed by atoms with Gasteiger partial charge in [-0.05, 0) is 47.4 Å². The molecule has 0 saturated heterocycles. The highest BCUT2D eigenvalue weighted by molar-refractivity contribution is 5.87. The quantitative estimate of drug-likeness (QED) is 0.594. The van der Waals surface area contributed by atoms with E-state index in [0.29, 0.717) is 18.9 Å². The summed E-state index contributed by atoms with van der Waals surface area (Å²) >= 11 is 0. The van der Waals surface area contributed by atoms with E-state index in [9.17, 15) is 9.90 Å². The summed E-state index contributed by atoms with van der Waals surface area (Å²) in [4.78, 5) is 15.9. The van der Waals surface area contributed by atoms with Crippen molar-refractivity contribution in [3.63, 3.8) is 0 Å². The predicted molar refractivity (Wildman–Crippen MR) is 95.8 cm³/mol. The Kier molecular flexibility index (Phi) is 4.69. The fraction of sp³-hybridized carbons (Fsp3) is 0.368. The molecular weight excluding hydrogens is 302 g/mol. The maximum Gasteiger partial charge on any atom is 0.307 e. The van der Waals surface area contributed by atoms with Crippen molar-refractivity contribution in [3.05, 3.63) is 48.0 Å². The molecule has 0 aromatic heterocycles. The summed E-state index contributed by atoms with van der Waals surface area (Å²) < 4.78 is 0. The number of hydrogen-bond donors (Lipinski definition) is 3. The Balaban J connectivity index is 1.96. The summed E-state index contributed by atoms with van der Waals surface area (Å²) in [6.07, 6.45) is 2.30. The molecule has 3 atom stereocenters. The van der Waals surface area contributed by atoms with Gasteiger partial charge >= 0.3 is 5.97 Å². The molecule has 24 heavy (non-hydrogen) atoms. The van der Waals surface area contributed by atoms with E-state index in [0.717, 1.165) is 29.2 Å². The second-order valence-electron chi connectivity index (χ2n) is 6.56. The number of carboxylic acids is 1. The molecule has 0 spiro atoms. The molecule has 3 rings (SSSR count). The second kappa shape index (κ2) is 6.91. The van der Waals surface area contributed by atoms with Gasteiger partial charge in [0.1, 0.15) is 0 Å². The van der Waals surface area contributed by atoms with Gasteiger partial charge < -0.3 is 16.6 Å². The van der Waals surface area contributed by atoms with Crippen LogP contribution in [0, 0.1) is 11.8 Å². The van der Waals surface area contributed by atoms with Gasteiger partial charge in [0.15, 0.2) is 5.96 Å². The molecule has 3 unspecified atom stereocenters. The van der Waals surface area contributed by atoms with Crippen molar-refractivity contribution in [3.8, 4) is 0 Å². The molecule has 0 radical (unpaired) electrons. The first-order valence-corrected chi connectivity index (χ1v) is 8.32. The summed E-state index contributed by atoms with van der Waals surface area (Å²) in [7, 11) is 0. The molecule has 2 aromatic carbocycles. The number of aliphatic imine (C=N–C) groups is 1. The van der Waals surface area contributed by atoms with E-state index >= 15 is 0 Å². The first-order chi connectivity index (χ1) is 11.6. The van der Waals surface area contributed by atoms with Crippen LogP contribution < -0.4 is 11.5 Å². The van der Waals surface area contributed by atoms with E-state index in [2.05, 4.69) is 29.3 Å². The van der Waals surface area contributed by atoms with Crippen molar-refractivity contribution in [2.24, 2.45) is 28.3 Å². The summed E-state index contributed by atoms with van der Waals surface area (Å²) in [5.74, 6) is -0.676. The number of rotatable bonds is 4. The lowest BCUT2D eigenvalue weighted by Gasteiger charge is -2.34. The summed E-state index contributed by atoms with van der Waals surface area (Å²) in [6.45, 7) is 0.565. The number of hydrogen-bond acceptors (Lipinski definition) is 2. The number of guanidine groups is 1. The molecule has 126 valence electrons. The monoisotopic (exact) mass is 325 g/mol. The average Bonchev–Trinajstić information content (AvgIpc) is 2.59.